The van der Waals surface area contributed by atoms with E-state index < -0.39 is 8.07 Å². The third-order valence-corrected chi connectivity index (χ3v) is 6.16. The van der Waals surface area contributed by atoms with Gasteiger partial charge in [0.15, 0.2) is 5.82 Å². The molecule has 0 aliphatic rings. The van der Waals surface area contributed by atoms with Gasteiger partial charge in [-0.1, -0.05) is 19.6 Å². The van der Waals surface area contributed by atoms with E-state index in [1.807, 2.05) is 18.3 Å². The summed E-state index contributed by atoms with van der Waals surface area (Å²) >= 11 is 1.57. The van der Waals surface area contributed by atoms with Crippen LogP contribution in [0.3, 0.4) is 0 Å². The highest BCUT2D eigenvalue weighted by molar-refractivity contribution is 7.18. The molecule has 0 atom stereocenters. The van der Waals surface area contributed by atoms with Crippen molar-refractivity contribution in [3.05, 3.63) is 37.1 Å². The van der Waals surface area contributed by atoms with Crippen molar-refractivity contribution in [2.75, 3.05) is 6.61 Å². The molecule has 0 aliphatic heterocycles. The zero-order valence-electron chi connectivity index (χ0n) is 14.1. The molecule has 0 aromatic carbocycles. The van der Waals surface area contributed by atoms with Gasteiger partial charge in [-0.05, 0) is 18.2 Å². The second kappa shape index (κ2) is 7.33. The highest BCUT2D eigenvalue weighted by atomic mass is 32.1. The first kappa shape index (κ1) is 16.9. The number of hydrogen-bond donors (Lipinski definition) is 0. The van der Waals surface area contributed by atoms with Crippen molar-refractivity contribution in [1.82, 2.24) is 24.7 Å². The lowest BCUT2D eigenvalue weighted by atomic mass is 10.3. The molecular weight excluding hydrogens is 338 g/mol. The molecular formula is C16H21N5OSSi. The molecule has 3 aromatic rings. The highest BCUT2D eigenvalue weighted by Crippen LogP contribution is 2.29. The Bertz CT molecular complexity index is 781. The zero-order chi connectivity index (χ0) is 17.0. The van der Waals surface area contributed by atoms with Gasteiger partial charge < -0.3 is 4.74 Å². The molecule has 0 N–H and O–H groups in total. The van der Waals surface area contributed by atoms with Crippen LogP contribution in [0.25, 0.3) is 21.3 Å². The molecule has 24 heavy (non-hydrogen) atoms. The minimum absolute atomic E-state index is 0.438. The molecule has 126 valence electrons. The third-order valence-electron chi connectivity index (χ3n) is 3.41. The number of rotatable bonds is 7. The molecule has 0 saturated heterocycles. The SMILES string of the molecule is C[Si](C)(C)CCOCn1cnc(-c2cnc(-c3ccncc3)s2)n1. The minimum atomic E-state index is -1.05. The van der Waals surface area contributed by atoms with Crippen LogP contribution in [0.1, 0.15) is 0 Å². The first-order valence-corrected chi connectivity index (χ1v) is 12.4. The molecule has 3 rings (SSSR count). The lowest BCUT2D eigenvalue weighted by Crippen LogP contribution is -2.22. The van der Waals surface area contributed by atoms with E-state index in [2.05, 4.69) is 39.7 Å². The lowest BCUT2D eigenvalue weighted by molar-refractivity contribution is 0.0785. The smallest absolute Gasteiger partial charge is 0.192 e. The number of thiazole rings is 1. The molecule has 0 amide bonds. The maximum atomic E-state index is 5.70. The van der Waals surface area contributed by atoms with Crippen molar-refractivity contribution in [2.24, 2.45) is 0 Å². The van der Waals surface area contributed by atoms with Gasteiger partial charge in [-0.15, -0.1) is 16.4 Å². The second-order valence-corrected chi connectivity index (χ2v) is 13.4. The third kappa shape index (κ3) is 4.56. The van der Waals surface area contributed by atoms with Crippen LogP contribution in [0.4, 0.5) is 0 Å². The summed E-state index contributed by atoms with van der Waals surface area (Å²) in [5.74, 6) is 0.682. The van der Waals surface area contributed by atoms with E-state index in [-0.39, 0.29) is 0 Å². The summed E-state index contributed by atoms with van der Waals surface area (Å²) < 4.78 is 7.42. The first-order chi connectivity index (χ1) is 11.5. The molecule has 0 spiro atoms. The van der Waals surface area contributed by atoms with Gasteiger partial charge in [0.25, 0.3) is 0 Å². The molecule has 0 bridgehead atoms. The number of nitrogens with zero attached hydrogens (tertiary/aromatic N) is 5. The van der Waals surface area contributed by atoms with Gasteiger partial charge in [0.1, 0.15) is 18.1 Å². The van der Waals surface area contributed by atoms with Gasteiger partial charge in [0.05, 0.1) is 4.88 Å². The molecule has 0 aliphatic carbocycles. The summed E-state index contributed by atoms with van der Waals surface area (Å²) in [7, 11) is -1.05. The quantitative estimate of drug-likeness (QED) is 0.474. The monoisotopic (exact) mass is 359 g/mol. The Morgan fingerprint density at radius 2 is 1.96 bits per heavy atom. The van der Waals surface area contributed by atoms with Gasteiger partial charge in [0, 0.05) is 38.8 Å². The van der Waals surface area contributed by atoms with Gasteiger partial charge >= 0.3 is 0 Å². The number of aromatic nitrogens is 5. The van der Waals surface area contributed by atoms with Gasteiger partial charge in [-0.3, -0.25) is 4.98 Å². The molecule has 8 heteroatoms. The van der Waals surface area contributed by atoms with Gasteiger partial charge in [0.2, 0.25) is 0 Å². The normalized spacial score (nSPS) is 11.8. The van der Waals surface area contributed by atoms with Crippen LogP contribution < -0.4 is 0 Å². The van der Waals surface area contributed by atoms with Crippen molar-refractivity contribution in [3.8, 4) is 21.3 Å². The highest BCUT2D eigenvalue weighted by Gasteiger charge is 2.13. The summed E-state index contributed by atoms with van der Waals surface area (Å²) in [6.07, 6.45) is 7.05. The van der Waals surface area contributed by atoms with E-state index in [4.69, 9.17) is 4.74 Å². The number of ether oxygens (including phenoxy) is 1. The van der Waals surface area contributed by atoms with Crippen molar-refractivity contribution in [3.63, 3.8) is 0 Å². The maximum absolute atomic E-state index is 5.70. The Hall–Kier alpha value is -1.90. The lowest BCUT2D eigenvalue weighted by Gasteiger charge is -2.15. The van der Waals surface area contributed by atoms with Crippen LogP contribution in [0.15, 0.2) is 37.1 Å². The first-order valence-electron chi connectivity index (χ1n) is 7.85. The van der Waals surface area contributed by atoms with Crippen LogP contribution in [-0.4, -0.2) is 39.4 Å². The van der Waals surface area contributed by atoms with Crippen LogP contribution in [0.5, 0.6) is 0 Å². The summed E-state index contributed by atoms with van der Waals surface area (Å²) in [6, 6.07) is 5.04. The van der Waals surface area contributed by atoms with E-state index in [0.717, 1.165) is 28.1 Å². The predicted octanol–water partition coefficient (Wildman–Crippen LogP) is 3.78. The Morgan fingerprint density at radius 1 is 1.17 bits per heavy atom. The standard InChI is InChI=1S/C16H21N5OSSi/c1-24(2,3)9-8-22-12-21-11-19-15(20-21)14-10-18-16(23-14)13-4-6-17-7-5-13/h4-7,10-11H,8-9,12H2,1-3H3. The van der Waals surface area contributed by atoms with E-state index in [0.29, 0.717) is 12.6 Å². The van der Waals surface area contributed by atoms with Gasteiger partial charge in [-0.25, -0.2) is 14.6 Å². The molecule has 0 fully saturated rings. The number of hydrogen-bond acceptors (Lipinski definition) is 6. The molecule has 0 unspecified atom stereocenters. The largest absolute Gasteiger partial charge is 0.359 e. The number of pyridine rings is 1. The van der Waals surface area contributed by atoms with E-state index >= 15 is 0 Å². The fourth-order valence-corrected chi connectivity index (χ4v) is 3.63. The molecule has 0 radical (unpaired) electrons. The minimum Gasteiger partial charge on any atom is -0.359 e. The summed E-state index contributed by atoms with van der Waals surface area (Å²) in [5.41, 5.74) is 1.05. The Labute approximate surface area is 146 Å². The van der Waals surface area contributed by atoms with Crippen molar-refractivity contribution in [1.29, 1.82) is 0 Å². The molecule has 0 saturated carbocycles. The molecule has 6 nitrogen and oxygen atoms in total. The molecule has 3 aromatic heterocycles. The summed E-state index contributed by atoms with van der Waals surface area (Å²) in [6.45, 7) is 8.24. The fourth-order valence-electron chi connectivity index (χ4n) is 2.01. The molecule has 3 heterocycles. The van der Waals surface area contributed by atoms with Crippen molar-refractivity contribution < 1.29 is 4.74 Å². The van der Waals surface area contributed by atoms with Crippen molar-refractivity contribution in [2.45, 2.75) is 32.4 Å². The predicted molar refractivity (Wildman–Crippen MR) is 98.5 cm³/mol. The maximum Gasteiger partial charge on any atom is 0.192 e. The second-order valence-electron chi connectivity index (χ2n) is 6.72. The Morgan fingerprint density at radius 3 is 2.71 bits per heavy atom. The van der Waals surface area contributed by atoms with E-state index in [9.17, 15) is 0 Å². The fraction of sp³-hybridized carbons (Fsp3) is 0.375. The Balaban J connectivity index is 1.61. The van der Waals surface area contributed by atoms with E-state index in [1.54, 1.807) is 34.7 Å². The summed E-state index contributed by atoms with van der Waals surface area (Å²) in [4.78, 5) is 13.8. The van der Waals surface area contributed by atoms with Crippen LogP contribution in [0.2, 0.25) is 25.7 Å². The van der Waals surface area contributed by atoms with Crippen LogP contribution in [-0.2, 0) is 11.5 Å². The van der Waals surface area contributed by atoms with Crippen molar-refractivity contribution >= 4 is 19.4 Å². The summed E-state index contributed by atoms with van der Waals surface area (Å²) in [5, 5.41) is 5.41. The average Bonchev–Trinajstić information content (AvgIpc) is 3.21. The zero-order valence-corrected chi connectivity index (χ0v) is 16.0. The average molecular weight is 360 g/mol. The topological polar surface area (TPSA) is 65.7 Å². The van der Waals surface area contributed by atoms with Crippen LogP contribution >= 0.6 is 11.3 Å². The van der Waals surface area contributed by atoms with Gasteiger partial charge in [-0.2, -0.15) is 0 Å². The van der Waals surface area contributed by atoms with Crippen LogP contribution in [0, 0.1) is 0 Å². The Kier molecular flexibility index (Phi) is 5.17. The van der Waals surface area contributed by atoms with E-state index in [1.165, 1.54) is 0 Å².